The fraction of sp³-hybridized carbons (Fsp3) is 0.615. The molecule has 3 atom stereocenters. The lowest BCUT2D eigenvalue weighted by atomic mass is 9.96. The maximum absolute atomic E-state index is 12.1. The van der Waals surface area contributed by atoms with Crippen molar-refractivity contribution in [2.24, 2.45) is 11.8 Å². The molecule has 1 fully saturated rings. The predicted octanol–water partition coefficient (Wildman–Crippen LogP) is 0.958. The van der Waals surface area contributed by atoms with Crippen LogP contribution in [0.15, 0.2) is 12.5 Å². The van der Waals surface area contributed by atoms with Gasteiger partial charge in [-0.05, 0) is 18.8 Å². The number of nitrogens with zero attached hydrogens (tertiary/aromatic N) is 1. The molecule has 0 saturated heterocycles. The van der Waals surface area contributed by atoms with Gasteiger partial charge in [-0.2, -0.15) is 0 Å². The number of H-pyrrole nitrogens is 1. The molecule has 104 valence electrons. The van der Waals surface area contributed by atoms with E-state index in [1.165, 1.54) is 6.33 Å². The number of amides is 1. The second-order valence-electron chi connectivity index (χ2n) is 5.20. The van der Waals surface area contributed by atoms with Crippen LogP contribution in [0.3, 0.4) is 0 Å². The van der Waals surface area contributed by atoms with Crippen LogP contribution in [0.4, 0.5) is 0 Å². The molecule has 3 N–H and O–H groups in total. The SMILES string of the molecule is CC1CCCC1C(=O)N[C@H](Cc1cnc[nH]1)C(=O)O. The van der Waals surface area contributed by atoms with Gasteiger partial charge in [-0.3, -0.25) is 4.79 Å². The molecule has 1 amide bonds. The highest BCUT2D eigenvalue weighted by Crippen LogP contribution is 2.31. The van der Waals surface area contributed by atoms with E-state index in [-0.39, 0.29) is 18.2 Å². The van der Waals surface area contributed by atoms with Crippen molar-refractivity contribution in [3.05, 3.63) is 18.2 Å². The fourth-order valence-corrected chi connectivity index (χ4v) is 2.63. The number of carbonyl (C=O) groups is 2. The van der Waals surface area contributed by atoms with Crippen molar-refractivity contribution >= 4 is 11.9 Å². The molecular formula is C13H19N3O3. The van der Waals surface area contributed by atoms with Gasteiger partial charge in [-0.25, -0.2) is 9.78 Å². The van der Waals surface area contributed by atoms with Gasteiger partial charge in [-0.1, -0.05) is 13.3 Å². The lowest BCUT2D eigenvalue weighted by Crippen LogP contribution is -2.45. The molecule has 0 bridgehead atoms. The molecular weight excluding hydrogens is 246 g/mol. The second-order valence-corrected chi connectivity index (χ2v) is 5.20. The Morgan fingerprint density at radius 2 is 2.37 bits per heavy atom. The van der Waals surface area contributed by atoms with E-state index in [0.717, 1.165) is 19.3 Å². The summed E-state index contributed by atoms with van der Waals surface area (Å²) in [6.45, 7) is 2.04. The van der Waals surface area contributed by atoms with Gasteiger partial charge >= 0.3 is 5.97 Å². The summed E-state index contributed by atoms with van der Waals surface area (Å²) in [5.74, 6) is -0.879. The number of carbonyl (C=O) groups excluding carboxylic acids is 1. The monoisotopic (exact) mass is 265 g/mol. The van der Waals surface area contributed by atoms with Crippen molar-refractivity contribution in [3.8, 4) is 0 Å². The van der Waals surface area contributed by atoms with Crippen molar-refractivity contribution < 1.29 is 14.7 Å². The van der Waals surface area contributed by atoms with Crippen LogP contribution < -0.4 is 5.32 Å². The topological polar surface area (TPSA) is 95.1 Å². The van der Waals surface area contributed by atoms with Crippen LogP contribution in [0, 0.1) is 11.8 Å². The Hall–Kier alpha value is -1.85. The van der Waals surface area contributed by atoms with E-state index in [4.69, 9.17) is 0 Å². The molecule has 1 aromatic rings. The molecule has 6 heteroatoms. The second kappa shape index (κ2) is 5.86. The first-order valence-electron chi connectivity index (χ1n) is 6.58. The Balaban J connectivity index is 1.96. The largest absolute Gasteiger partial charge is 0.480 e. The van der Waals surface area contributed by atoms with Crippen molar-refractivity contribution in [2.45, 2.75) is 38.6 Å². The van der Waals surface area contributed by atoms with Gasteiger partial charge < -0.3 is 15.4 Å². The zero-order chi connectivity index (χ0) is 13.8. The van der Waals surface area contributed by atoms with Gasteiger partial charge in [-0.15, -0.1) is 0 Å². The number of hydrogen-bond acceptors (Lipinski definition) is 3. The van der Waals surface area contributed by atoms with E-state index in [0.29, 0.717) is 11.6 Å². The van der Waals surface area contributed by atoms with E-state index in [2.05, 4.69) is 15.3 Å². The van der Waals surface area contributed by atoms with Crippen LogP contribution >= 0.6 is 0 Å². The molecule has 6 nitrogen and oxygen atoms in total. The Kier molecular flexibility index (Phi) is 4.19. The zero-order valence-corrected chi connectivity index (χ0v) is 10.9. The average molecular weight is 265 g/mol. The minimum absolute atomic E-state index is 0.0522. The highest BCUT2D eigenvalue weighted by molar-refractivity contribution is 5.85. The number of carboxylic acid groups (broad SMARTS) is 1. The Morgan fingerprint density at radius 3 is 2.89 bits per heavy atom. The minimum Gasteiger partial charge on any atom is -0.480 e. The maximum atomic E-state index is 12.1. The number of imidazole rings is 1. The normalized spacial score (nSPS) is 24.1. The highest BCUT2D eigenvalue weighted by atomic mass is 16.4. The number of aromatic nitrogens is 2. The first kappa shape index (κ1) is 13.6. The molecule has 19 heavy (non-hydrogen) atoms. The Morgan fingerprint density at radius 1 is 1.58 bits per heavy atom. The van der Waals surface area contributed by atoms with Gasteiger partial charge in [0.2, 0.25) is 5.91 Å². The Bertz CT molecular complexity index is 444. The van der Waals surface area contributed by atoms with Crippen LogP contribution in [0.1, 0.15) is 31.9 Å². The van der Waals surface area contributed by atoms with Crippen LogP contribution in [-0.4, -0.2) is 33.0 Å². The number of carboxylic acids is 1. The zero-order valence-electron chi connectivity index (χ0n) is 10.9. The number of nitrogens with one attached hydrogen (secondary N) is 2. The van der Waals surface area contributed by atoms with Crippen LogP contribution in [0.5, 0.6) is 0 Å². The molecule has 2 rings (SSSR count). The van der Waals surface area contributed by atoms with Gasteiger partial charge in [0.05, 0.1) is 6.33 Å². The van der Waals surface area contributed by atoms with E-state index in [1.54, 1.807) is 6.20 Å². The molecule has 0 aromatic carbocycles. The smallest absolute Gasteiger partial charge is 0.326 e. The highest BCUT2D eigenvalue weighted by Gasteiger charge is 2.32. The molecule has 1 aliphatic carbocycles. The summed E-state index contributed by atoms with van der Waals surface area (Å²) in [6, 6.07) is -0.902. The van der Waals surface area contributed by atoms with E-state index < -0.39 is 12.0 Å². The molecule has 1 heterocycles. The number of aliphatic carboxylic acids is 1. The number of hydrogen-bond donors (Lipinski definition) is 3. The van der Waals surface area contributed by atoms with Gasteiger partial charge in [0, 0.05) is 24.2 Å². The fourth-order valence-electron chi connectivity index (χ4n) is 2.63. The van der Waals surface area contributed by atoms with E-state index in [1.807, 2.05) is 6.92 Å². The summed E-state index contributed by atoms with van der Waals surface area (Å²) in [7, 11) is 0. The minimum atomic E-state index is -1.02. The molecule has 0 radical (unpaired) electrons. The summed E-state index contributed by atoms with van der Waals surface area (Å²) in [5, 5.41) is 11.8. The van der Waals surface area contributed by atoms with E-state index >= 15 is 0 Å². The van der Waals surface area contributed by atoms with Gasteiger partial charge in [0.25, 0.3) is 0 Å². The van der Waals surface area contributed by atoms with Crippen molar-refractivity contribution in [1.29, 1.82) is 0 Å². The van der Waals surface area contributed by atoms with Crippen molar-refractivity contribution in [1.82, 2.24) is 15.3 Å². The van der Waals surface area contributed by atoms with Gasteiger partial charge in [0.15, 0.2) is 0 Å². The third-order valence-corrected chi connectivity index (χ3v) is 3.79. The molecule has 0 aliphatic heterocycles. The van der Waals surface area contributed by atoms with Crippen LogP contribution in [-0.2, 0) is 16.0 Å². The number of aromatic amines is 1. The summed E-state index contributed by atoms with van der Waals surface area (Å²) >= 11 is 0. The first-order valence-corrected chi connectivity index (χ1v) is 6.58. The summed E-state index contributed by atoms with van der Waals surface area (Å²) in [5.41, 5.74) is 0.701. The van der Waals surface area contributed by atoms with Crippen molar-refractivity contribution in [2.75, 3.05) is 0 Å². The van der Waals surface area contributed by atoms with Crippen LogP contribution in [0.25, 0.3) is 0 Å². The summed E-state index contributed by atoms with van der Waals surface area (Å²) in [4.78, 5) is 30.0. The lowest BCUT2D eigenvalue weighted by molar-refractivity contribution is -0.142. The third kappa shape index (κ3) is 3.33. The molecule has 1 aromatic heterocycles. The summed E-state index contributed by atoms with van der Waals surface area (Å²) < 4.78 is 0. The van der Waals surface area contributed by atoms with Crippen molar-refractivity contribution in [3.63, 3.8) is 0 Å². The van der Waals surface area contributed by atoms with Crippen LogP contribution in [0.2, 0.25) is 0 Å². The Labute approximate surface area is 111 Å². The first-order chi connectivity index (χ1) is 9.08. The summed E-state index contributed by atoms with van der Waals surface area (Å²) in [6.07, 6.45) is 6.22. The average Bonchev–Trinajstić information content (AvgIpc) is 2.99. The van der Waals surface area contributed by atoms with E-state index in [9.17, 15) is 14.7 Å². The number of rotatable bonds is 5. The standard InChI is InChI=1S/C13H19N3O3/c1-8-3-2-4-10(8)12(17)16-11(13(18)19)5-9-6-14-7-15-9/h6-8,10-11H,2-5H2,1H3,(H,14,15)(H,16,17)(H,18,19)/t8?,10?,11-/m1/s1. The molecule has 0 spiro atoms. The quantitative estimate of drug-likeness (QED) is 0.739. The maximum Gasteiger partial charge on any atom is 0.326 e. The third-order valence-electron chi connectivity index (χ3n) is 3.79. The van der Waals surface area contributed by atoms with Gasteiger partial charge in [0.1, 0.15) is 6.04 Å². The molecule has 1 saturated carbocycles. The molecule has 2 unspecified atom stereocenters. The lowest BCUT2D eigenvalue weighted by Gasteiger charge is -2.19. The predicted molar refractivity (Wildman–Crippen MR) is 68.4 cm³/mol. The molecule has 1 aliphatic rings.